The van der Waals surface area contributed by atoms with Gasteiger partial charge in [0.2, 0.25) is 0 Å². The molecule has 1 unspecified atom stereocenters. The lowest BCUT2D eigenvalue weighted by Crippen LogP contribution is -2.31. The molecule has 1 amide bonds. The van der Waals surface area contributed by atoms with E-state index in [1.165, 1.54) is 22.6 Å². The predicted molar refractivity (Wildman–Crippen MR) is 149 cm³/mol. The van der Waals surface area contributed by atoms with Crippen molar-refractivity contribution in [2.45, 2.75) is 24.2 Å². The van der Waals surface area contributed by atoms with Gasteiger partial charge in [0, 0.05) is 22.2 Å². The van der Waals surface area contributed by atoms with E-state index in [9.17, 15) is 17.8 Å². The van der Waals surface area contributed by atoms with Crippen molar-refractivity contribution < 1.29 is 22.5 Å². The molecule has 4 rings (SSSR count). The van der Waals surface area contributed by atoms with Gasteiger partial charge in [-0.2, -0.15) is 8.42 Å². The molecule has 0 saturated heterocycles. The highest BCUT2D eigenvalue weighted by atomic mass is 127. The summed E-state index contributed by atoms with van der Waals surface area (Å²) in [5.74, 6) is 0.837. The van der Waals surface area contributed by atoms with Crippen molar-refractivity contribution in [1.82, 2.24) is 0 Å². The Morgan fingerprint density at radius 2 is 1.69 bits per heavy atom. The highest BCUT2D eigenvalue weighted by molar-refractivity contribution is 14.1. The maximum Gasteiger partial charge on any atom is 0.295 e. The fourth-order valence-electron chi connectivity index (χ4n) is 4.18. The summed E-state index contributed by atoms with van der Waals surface area (Å²) < 4.78 is 39.9. The lowest BCUT2D eigenvalue weighted by Gasteiger charge is -2.20. The zero-order valence-electron chi connectivity index (χ0n) is 19.4. The normalized spacial score (nSPS) is 12.6. The SMILES string of the molecule is CCC(CI)c1ccc2cc(OCC(=O)N(C)c3cccc4c(S(=O)(=O)O)cccc34)ccc2c1. The minimum atomic E-state index is -4.40. The van der Waals surface area contributed by atoms with Crippen LogP contribution in [-0.4, -0.2) is 37.0 Å². The third-order valence-corrected chi connectivity index (χ3v) is 8.20. The molecule has 0 aliphatic carbocycles. The number of alkyl halides is 1. The number of rotatable bonds is 8. The van der Waals surface area contributed by atoms with E-state index in [-0.39, 0.29) is 17.4 Å². The second kappa shape index (κ2) is 10.5. The van der Waals surface area contributed by atoms with Gasteiger partial charge in [-0.25, -0.2) is 0 Å². The van der Waals surface area contributed by atoms with E-state index in [1.807, 2.05) is 18.2 Å². The standard InChI is InChI=1S/C27H26INO5S/c1-3-18(16-28)19-10-11-21-15-22(13-12-20(21)14-19)34-17-27(30)29(2)25-8-4-7-24-23(25)6-5-9-26(24)35(31,32)33/h4-15,18H,3,16-17H2,1-2H3,(H,31,32,33). The highest BCUT2D eigenvalue weighted by Crippen LogP contribution is 2.31. The van der Waals surface area contributed by atoms with Crippen LogP contribution in [0.2, 0.25) is 0 Å². The smallest absolute Gasteiger partial charge is 0.295 e. The van der Waals surface area contributed by atoms with Gasteiger partial charge in [0.1, 0.15) is 10.6 Å². The van der Waals surface area contributed by atoms with E-state index in [1.54, 1.807) is 31.3 Å². The topological polar surface area (TPSA) is 83.9 Å². The number of benzene rings is 4. The van der Waals surface area contributed by atoms with Crippen LogP contribution in [0, 0.1) is 0 Å². The van der Waals surface area contributed by atoms with Crippen LogP contribution in [-0.2, 0) is 14.9 Å². The minimum absolute atomic E-state index is 0.179. The van der Waals surface area contributed by atoms with Crippen LogP contribution in [0.1, 0.15) is 24.8 Å². The van der Waals surface area contributed by atoms with Crippen LogP contribution >= 0.6 is 22.6 Å². The van der Waals surface area contributed by atoms with Crippen molar-refractivity contribution >= 4 is 65.8 Å². The van der Waals surface area contributed by atoms with Crippen molar-refractivity contribution in [1.29, 1.82) is 0 Å². The first kappa shape index (κ1) is 25.4. The van der Waals surface area contributed by atoms with E-state index in [4.69, 9.17) is 4.74 Å². The number of likely N-dealkylation sites (N-methyl/N-ethyl adjacent to an activating group) is 1. The monoisotopic (exact) mass is 603 g/mol. The number of halogens is 1. The fourth-order valence-corrected chi connectivity index (χ4v) is 6.02. The Morgan fingerprint density at radius 3 is 2.40 bits per heavy atom. The van der Waals surface area contributed by atoms with Crippen molar-refractivity contribution in [2.24, 2.45) is 0 Å². The quantitative estimate of drug-likeness (QED) is 0.147. The minimum Gasteiger partial charge on any atom is -0.484 e. The Hall–Kier alpha value is -2.69. The summed E-state index contributed by atoms with van der Waals surface area (Å²) in [6, 6.07) is 21.8. The summed E-state index contributed by atoms with van der Waals surface area (Å²) in [5.41, 5.74) is 1.85. The maximum absolute atomic E-state index is 12.9. The first-order valence-electron chi connectivity index (χ1n) is 11.2. The molecule has 0 aliphatic rings. The van der Waals surface area contributed by atoms with Gasteiger partial charge in [0.25, 0.3) is 16.0 Å². The summed E-state index contributed by atoms with van der Waals surface area (Å²) in [6.07, 6.45) is 1.10. The molecular weight excluding hydrogens is 577 g/mol. The van der Waals surface area contributed by atoms with E-state index < -0.39 is 10.1 Å². The predicted octanol–water partition coefficient (Wildman–Crippen LogP) is 6.21. The molecule has 8 heteroatoms. The van der Waals surface area contributed by atoms with Crippen LogP contribution in [0.5, 0.6) is 5.75 Å². The van der Waals surface area contributed by atoms with Crippen LogP contribution in [0.25, 0.3) is 21.5 Å². The van der Waals surface area contributed by atoms with Gasteiger partial charge in [0.05, 0.1) is 5.69 Å². The van der Waals surface area contributed by atoms with Crippen LogP contribution in [0.15, 0.2) is 77.7 Å². The fraction of sp³-hybridized carbons (Fsp3) is 0.222. The van der Waals surface area contributed by atoms with E-state index in [0.29, 0.717) is 28.1 Å². The molecule has 35 heavy (non-hydrogen) atoms. The van der Waals surface area contributed by atoms with Gasteiger partial charge in [-0.15, -0.1) is 0 Å². The Balaban J connectivity index is 1.52. The van der Waals surface area contributed by atoms with E-state index in [0.717, 1.165) is 21.6 Å². The Morgan fingerprint density at radius 1 is 1.00 bits per heavy atom. The molecule has 4 aromatic carbocycles. The number of hydrogen-bond donors (Lipinski definition) is 1. The molecule has 0 aliphatic heterocycles. The first-order chi connectivity index (χ1) is 16.7. The number of amides is 1. The van der Waals surface area contributed by atoms with Gasteiger partial charge in [-0.1, -0.05) is 78.0 Å². The molecule has 1 N–H and O–H groups in total. The third-order valence-electron chi connectivity index (χ3n) is 6.22. The average Bonchev–Trinajstić information content (AvgIpc) is 2.86. The molecule has 0 saturated carbocycles. The van der Waals surface area contributed by atoms with Gasteiger partial charge in [-0.05, 0) is 52.9 Å². The molecular formula is C27H26INO5S. The number of anilines is 1. The molecule has 0 spiro atoms. The maximum atomic E-state index is 12.9. The molecule has 0 radical (unpaired) electrons. The zero-order chi connectivity index (χ0) is 25.2. The molecule has 0 fully saturated rings. The molecule has 182 valence electrons. The second-order valence-corrected chi connectivity index (χ2v) is 10.6. The summed E-state index contributed by atoms with van der Waals surface area (Å²) in [6.45, 7) is 2.02. The van der Waals surface area contributed by atoms with E-state index in [2.05, 4.69) is 47.7 Å². The van der Waals surface area contributed by atoms with Crippen molar-refractivity contribution in [3.05, 3.63) is 78.4 Å². The number of ether oxygens (including phenoxy) is 1. The summed E-state index contributed by atoms with van der Waals surface area (Å²) >= 11 is 2.42. The van der Waals surface area contributed by atoms with Gasteiger partial charge in [-0.3, -0.25) is 9.35 Å². The number of hydrogen-bond acceptors (Lipinski definition) is 4. The van der Waals surface area contributed by atoms with Gasteiger partial charge in [0.15, 0.2) is 6.61 Å². The third kappa shape index (κ3) is 5.44. The van der Waals surface area contributed by atoms with Crippen molar-refractivity contribution in [3.8, 4) is 5.75 Å². The van der Waals surface area contributed by atoms with Gasteiger partial charge < -0.3 is 9.64 Å². The highest BCUT2D eigenvalue weighted by Gasteiger charge is 2.19. The Kier molecular flexibility index (Phi) is 7.63. The molecule has 1 atom stereocenters. The van der Waals surface area contributed by atoms with Crippen molar-refractivity contribution in [2.75, 3.05) is 23.0 Å². The zero-order valence-corrected chi connectivity index (χ0v) is 22.4. The number of carbonyl (C=O) groups excluding carboxylic acids is 1. The number of nitrogens with zero attached hydrogens (tertiary/aromatic N) is 1. The van der Waals surface area contributed by atoms with Gasteiger partial charge >= 0.3 is 0 Å². The Bertz CT molecular complexity index is 1500. The molecule has 4 aromatic rings. The Labute approximate surface area is 218 Å². The summed E-state index contributed by atoms with van der Waals surface area (Å²) in [4.78, 5) is 14.2. The lowest BCUT2D eigenvalue weighted by molar-refractivity contribution is -0.120. The van der Waals surface area contributed by atoms with Crippen LogP contribution < -0.4 is 9.64 Å². The molecule has 0 aromatic heterocycles. The molecule has 6 nitrogen and oxygen atoms in total. The largest absolute Gasteiger partial charge is 0.484 e. The first-order valence-corrected chi connectivity index (χ1v) is 14.2. The molecule has 0 heterocycles. The summed E-state index contributed by atoms with van der Waals surface area (Å²) in [5, 5.41) is 3.06. The lowest BCUT2D eigenvalue weighted by atomic mass is 9.96. The van der Waals surface area contributed by atoms with Crippen LogP contribution in [0.4, 0.5) is 5.69 Å². The summed E-state index contributed by atoms with van der Waals surface area (Å²) in [7, 11) is -2.78. The second-order valence-electron chi connectivity index (χ2n) is 8.37. The number of carbonyl (C=O) groups is 1. The van der Waals surface area contributed by atoms with Crippen LogP contribution in [0.3, 0.4) is 0 Å². The van der Waals surface area contributed by atoms with Crippen molar-refractivity contribution in [3.63, 3.8) is 0 Å². The molecule has 0 bridgehead atoms. The number of fused-ring (bicyclic) bond motifs is 2. The average molecular weight is 603 g/mol. The van der Waals surface area contributed by atoms with E-state index >= 15 is 0 Å².